The molecular formula is C18H13N7OS. The van der Waals surface area contributed by atoms with Gasteiger partial charge >= 0.3 is 0 Å². The van der Waals surface area contributed by atoms with Crippen molar-refractivity contribution in [2.45, 2.75) is 0 Å². The molecule has 3 heterocycles. The third-order valence-corrected chi connectivity index (χ3v) is 4.22. The van der Waals surface area contributed by atoms with Crippen LogP contribution >= 0.6 is 11.5 Å². The summed E-state index contributed by atoms with van der Waals surface area (Å²) in [5.74, 6) is -0.0590. The summed E-state index contributed by atoms with van der Waals surface area (Å²) in [6, 6.07) is 13.2. The van der Waals surface area contributed by atoms with Crippen molar-refractivity contribution in [2.75, 3.05) is 10.6 Å². The number of amides is 1. The van der Waals surface area contributed by atoms with Crippen LogP contribution in [0, 0.1) is 0 Å². The van der Waals surface area contributed by atoms with Crippen LogP contribution in [-0.2, 0) is 0 Å². The Morgan fingerprint density at radius 2 is 1.89 bits per heavy atom. The van der Waals surface area contributed by atoms with Crippen LogP contribution in [0.25, 0.3) is 11.1 Å². The zero-order valence-electron chi connectivity index (χ0n) is 13.9. The smallest absolute Gasteiger partial charge is 0.274 e. The maximum absolute atomic E-state index is 12.7. The van der Waals surface area contributed by atoms with E-state index in [2.05, 4.69) is 35.2 Å². The minimum absolute atomic E-state index is 0.229. The van der Waals surface area contributed by atoms with E-state index in [1.165, 1.54) is 17.7 Å². The maximum Gasteiger partial charge on any atom is 0.274 e. The summed E-state index contributed by atoms with van der Waals surface area (Å²) in [5.41, 5.74) is 2.70. The number of carbonyl (C=O) groups excluding carboxylic acids is 1. The minimum Gasteiger partial charge on any atom is -0.319 e. The molecule has 0 unspecified atom stereocenters. The number of aromatic nitrogens is 5. The Balaban J connectivity index is 1.57. The van der Waals surface area contributed by atoms with Gasteiger partial charge in [-0.3, -0.25) is 9.78 Å². The molecule has 0 spiro atoms. The van der Waals surface area contributed by atoms with Gasteiger partial charge in [-0.2, -0.15) is 0 Å². The van der Waals surface area contributed by atoms with Crippen LogP contribution in [0.2, 0.25) is 0 Å². The lowest BCUT2D eigenvalue weighted by atomic mass is 10.1. The average molecular weight is 375 g/mol. The number of carbonyl (C=O) groups is 1. The van der Waals surface area contributed by atoms with Gasteiger partial charge in [-0.15, -0.1) is 5.10 Å². The van der Waals surface area contributed by atoms with Gasteiger partial charge in [0.15, 0.2) is 0 Å². The van der Waals surface area contributed by atoms with E-state index in [0.29, 0.717) is 16.6 Å². The summed E-state index contributed by atoms with van der Waals surface area (Å²) < 4.78 is 3.76. The molecule has 0 saturated carbocycles. The number of nitrogens with one attached hydrogen (secondary N) is 2. The van der Waals surface area contributed by atoms with E-state index in [0.717, 1.165) is 11.1 Å². The SMILES string of the molecule is O=C(Nc1cnccc1-c1ccccc1)c1ccnc(Nc2cnns2)n1. The Morgan fingerprint density at radius 3 is 2.70 bits per heavy atom. The van der Waals surface area contributed by atoms with Crippen LogP contribution in [0.4, 0.5) is 16.6 Å². The van der Waals surface area contributed by atoms with E-state index in [9.17, 15) is 4.79 Å². The Kier molecular flexibility index (Phi) is 4.75. The fourth-order valence-electron chi connectivity index (χ4n) is 2.43. The molecule has 0 atom stereocenters. The van der Waals surface area contributed by atoms with Gasteiger partial charge in [0.2, 0.25) is 5.95 Å². The fourth-order valence-corrected chi connectivity index (χ4v) is 2.84. The molecule has 2 N–H and O–H groups in total. The lowest BCUT2D eigenvalue weighted by Crippen LogP contribution is -2.15. The van der Waals surface area contributed by atoms with Gasteiger partial charge < -0.3 is 10.6 Å². The molecule has 27 heavy (non-hydrogen) atoms. The average Bonchev–Trinajstić information content (AvgIpc) is 3.22. The van der Waals surface area contributed by atoms with Crippen molar-refractivity contribution < 1.29 is 4.79 Å². The number of pyridine rings is 1. The van der Waals surface area contributed by atoms with Crippen molar-refractivity contribution in [3.63, 3.8) is 0 Å². The second-order valence-corrected chi connectivity index (χ2v) is 6.20. The van der Waals surface area contributed by atoms with E-state index in [4.69, 9.17) is 0 Å². The monoisotopic (exact) mass is 375 g/mol. The number of benzene rings is 1. The maximum atomic E-state index is 12.7. The van der Waals surface area contributed by atoms with Crippen LogP contribution in [0.15, 0.2) is 67.3 Å². The second kappa shape index (κ2) is 7.67. The van der Waals surface area contributed by atoms with E-state index >= 15 is 0 Å². The van der Waals surface area contributed by atoms with E-state index in [1.54, 1.807) is 24.7 Å². The topological polar surface area (TPSA) is 106 Å². The van der Waals surface area contributed by atoms with Gasteiger partial charge in [-0.05, 0) is 17.7 Å². The molecule has 0 fully saturated rings. The summed E-state index contributed by atoms with van der Waals surface area (Å²) in [7, 11) is 0. The van der Waals surface area contributed by atoms with Gasteiger partial charge in [-0.1, -0.05) is 34.8 Å². The van der Waals surface area contributed by atoms with Crippen molar-refractivity contribution in [3.05, 3.63) is 72.9 Å². The predicted octanol–water partition coefficient (Wildman–Crippen LogP) is 3.39. The Bertz CT molecular complexity index is 1050. The molecule has 0 saturated heterocycles. The molecule has 1 amide bonds. The lowest BCUT2D eigenvalue weighted by Gasteiger charge is -2.11. The molecular weight excluding hydrogens is 362 g/mol. The number of hydrogen-bond acceptors (Lipinski definition) is 8. The van der Waals surface area contributed by atoms with Crippen molar-refractivity contribution in [1.82, 2.24) is 24.5 Å². The molecule has 1 aromatic carbocycles. The zero-order valence-corrected chi connectivity index (χ0v) is 14.7. The Morgan fingerprint density at radius 1 is 1.00 bits per heavy atom. The molecule has 3 aromatic heterocycles. The van der Waals surface area contributed by atoms with Crippen LogP contribution < -0.4 is 10.6 Å². The lowest BCUT2D eigenvalue weighted by molar-refractivity contribution is 0.102. The summed E-state index contributed by atoms with van der Waals surface area (Å²) in [5, 5.41) is 10.2. The molecule has 0 bridgehead atoms. The van der Waals surface area contributed by atoms with E-state index < -0.39 is 0 Å². The van der Waals surface area contributed by atoms with Crippen molar-refractivity contribution in [2.24, 2.45) is 0 Å². The zero-order chi connectivity index (χ0) is 18.5. The van der Waals surface area contributed by atoms with Gasteiger partial charge in [0.25, 0.3) is 5.91 Å². The highest BCUT2D eigenvalue weighted by molar-refractivity contribution is 7.09. The fraction of sp³-hybridized carbons (Fsp3) is 0. The highest BCUT2D eigenvalue weighted by atomic mass is 32.1. The standard InChI is InChI=1S/C18H13N7OS/c26-17(14-7-9-20-18(23-14)24-16-11-21-25-27-16)22-15-10-19-8-6-13(15)12-4-2-1-3-5-12/h1-11H,(H,22,26)(H,20,23,24). The number of nitrogens with zero attached hydrogens (tertiary/aromatic N) is 5. The molecule has 4 aromatic rings. The first kappa shape index (κ1) is 16.7. The number of rotatable bonds is 5. The molecule has 132 valence electrons. The third-order valence-electron chi connectivity index (χ3n) is 3.64. The molecule has 0 radical (unpaired) electrons. The highest BCUT2D eigenvalue weighted by Gasteiger charge is 2.13. The minimum atomic E-state index is -0.354. The van der Waals surface area contributed by atoms with E-state index in [1.807, 2.05) is 36.4 Å². The first-order valence-corrected chi connectivity index (χ1v) is 8.75. The highest BCUT2D eigenvalue weighted by Crippen LogP contribution is 2.27. The molecule has 8 nitrogen and oxygen atoms in total. The second-order valence-electron chi connectivity index (χ2n) is 5.41. The molecule has 0 aliphatic heterocycles. The third kappa shape index (κ3) is 3.93. The van der Waals surface area contributed by atoms with Gasteiger partial charge in [0.1, 0.15) is 10.7 Å². The summed E-state index contributed by atoms with van der Waals surface area (Å²) in [6.07, 6.45) is 6.37. The van der Waals surface area contributed by atoms with Crippen LogP contribution in [0.3, 0.4) is 0 Å². The quantitative estimate of drug-likeness (QED) is 0.551. The normalized spacial score (nSPS) is 10.4. The van der Waals surface area contributed by atoms with Gasteiger partial charge in [0.05, 0.1) is 18.1 Å². The Labute approximate surface area is 158 Å². The van der Waals surface area contributed by atoms with Gasteiger partial charge in [0, 0.05) is 29.5 Å². The number of hydrogen-bond donors (Lipinski definition) is 2. The van der Waals surface area contributed by atoms with Crippen LogP contribution in [0.5, 0.6) is 0 Å². The van der Waals surface area contributed by atoms with Crippen LogP contribution in [-0.4, -0.2) is 30.4 Å². The largest absolute Gasteiger partial charge is 0.319 e. The van der Waals surface area contributed by atoms with E-state index in [-0.39, 0.29) is 11.6 Å². The Hall–Kier alpha value is -3.72. The number of anilines is 3. The first-order chi connectivity index (χ1) is 13.3. The van der Waals surface area contributed by atoms with Crippen molar-refractivity contribution in [3.8, 4) is 11.1 Å². The van der Waals surface area contributed by atoms with Crippen molar-refractivity contribution >= 4 is 34.1 Å². The molecule has 0 aliphatic carbocycles. The first-order valence-electron chi connectivity index (χ1n) is 7.98. The van der Waals surface area contributed by atoms with Gasteiger partial charge in [-0.25, -0.2) is 9.97 Å². The predicted molar refractivity (Wildman–Crippen MR) is 103 cm³/mol. The summed E-state index contributed by atoms with van der Waals surface area (Å²) >= 11 is 1.17. The molecule has 4 rings (SSSR count). The molecule has 9 heteroatoms. The molecule has 0 aliphatic rings. The van der Waals surface area contributed by atoms with Crippen molar-refractivity contribution in [1.29, 1.82) is 0 Å². The summed E-state index contributed by atoms with van der Waals surface area (Å²) in [6.45, 7) is 0. The summed E-state index contributed by atoms with van der Waals surface area (Å²) in [4.78, 5) is 25.1. The van der Waals surface area contributed by atoms with Crippen LogP contribution in [0.1, 0.15) is 10.5 Å².